The molecule has 24 heavy (non-hydrogen) atoms. The van der Waals surface area contributed by atoms with Gasteiger partial charge in [0, 0.05) is 36.4 Å². The van der Waals surface area contributed by atoms with Crippen molar-refractivity contribution in [2.24, 2.45) is 5.92 Å². The van der Waals surface area contributed by atoms with Crippen LogP contribution in [0, 0.1) is 5.92 Å². The molecule has 0 saturated carbocycles. The summed E-state index contributed by atoms with van der Waals surface area (Å²) < 4.78 is 5.13. The number of nitrogens with zero attached hydrogens (tertiary/aromatic N) is 2. The average molecular weight is 352 g/mol. The Morgan fingerprint density at radius 2 is 2.04 bits per heavy atom. The van der Waals surface area contributed by atoms with Crippen LogP contribution in [-0.2, 0) is 16.0 Å². The van der Waals surface area contributed by atoms with E-state index in [0.717, 1.165) is 5.56 Å². The molecule has 0 aliphatic heterocycles. The number of rotatable bonds is 8. The van der Waals surface area contributed by atoms with Gasteiger partial charge in [-0.1, -0.05) is 23.7 Å². The van der Waals surface area contributed by atoms with E-state index in [0.29, 0.717) is 29.7 Å². The van der Waals surface area contributed by atoms with E-state index in [1.165, 1.54) is 0 Å². The predicted molar refractivity (Wildman–Crippen MR) is 87.5 cm³/mol. The number of amides is 1. The first-order valence-electron chi connectivity index (χ1n) is 7.51. The zero-order valence-electron chi connectivity index (χ0n) is 13.2. The molecule has 0 aliphatic carbocycles. The minimum absolute atomic E-state index is 0.0222. The molecule has 1 amide bonds. The Bertz CT molecular complexity index is 700. The minimum Gasteiger partial charge on any atom is -0.481 e. The number of halogens is 1. The van der Waals surface area contributed by atoms with E-state index in [4.69, 9.17) is 21.2 Å². The molecule has 1 aromatic heterocycles. The average Bonchev–Trinajstić information content (AvgIpc) is 3.00. The SMILES string of the molecule is CC(CNC(=O)CCc1nc(-c2ccc(Cl)cc2)no1)CC(=O)O. The van der Waals surface area contributed by atoms with Gasteiger partial charge in [0.2, 0.25) is 17.6 Å². The van der Waals surface area contributed by atoms with Crippen LogP contribution >= 0.6 is 11.6 Å². The summed E-state index contributed by atoms with van der Waals surface area (Å²) in [5.74, 6) is -0.368. The van der Waals surface area contributed by atoms with Crippen molar-refractivity contribution in [3.8, 4) is 11.4 Å². The molecular formula is C16H18ClN3O4. The van der Waals surface area contributed by atoms with Crippen molar-refractivity contribution < 1.29 is 19.2 Å². The van der Waals surface area contributed by atoms with Gasteiger partial charge in [-0.3, -0.25) is 9.59 Å². The first kappa shape index (κ1) is 17.9. The quantitative estimate of drug-likeness (QED) is 0.757. The molecule has 0 saturated heterocycles. The Hall–Kier alpha value is -2.41. The van der Waals surface area contributed by atoms with Crippen LogP contribution in [0.15, 0.2) is 28.8 Å². The lowest BCUT2D eigenvalue weighted by molar-refractivity contribution is -0.138. The fourth-order valence-corrected chi connectivity index (χ4v) is 2.17. The normalized spacial score (nSPS) is 11.9. The molecule has 0 radical (unpaired) electrons. The maximum absolute atomic E-state index is 11.8. The number of carbonyl (C=O) groups is 2. The van der Waals surface area contributed by atoms with E-state index >= 15 is 0 Å². The summed E-state index contributed by atoms with van der Waals surface area (Å²) in [6.07, 6.45) is 0.538. The van der Waals surface area contributed by atoms with Crippen LogP contribution in [0.3, 0.4) is 0 Å². The van der Waals surface area contributed by atoms with Crippen molar-refractivity contribution >= 4 is 23.5 Å². The number of nitrogens with one attached hydrogen (secondary N) is 1. The highest BCUT2D eigenvalue weighted by atomic mass is 35.5. The van der Waals surface area contributed by atoms with Crippen LogP contribution in [0.25, 0.3) is 11.4 Å². The molecule has 7 nitrogen and oxygen atoms in total. The number of aromatic nitrogens is 2. The summed E-state index contributed by atoms with van der Waals surface area (Å²) in [5, 5.41) is 15.9. The number of aliphatic carboxylic acids is 1. The summed E-state index contributed by atoms with van der Waals surface area (Å²) in [6, 6.07) is 7.04. The molecule has 8 heteroatoms. The van der Waals surface area contributed by atoms with Crippen LogP contribution in [0.2, 0.25) is 5.02 Å². The third kappa shape index (κ3) is 5.66. The topological polar surface area (TPSA) is 105 Å². The van der Waals surface area contributed by atoms with Crippen molar-refractivity contribution in [3.63, 3.8) is 0 Å². The molecule has 0 fully saturated rings. The van der Waals surface area contributed by atoms with Crippen LogP contribution in [0.1, 0.15) is 25.7 Å². The smallest absolute Gasteiger partial charge is 0.303 e. The summed E-state index contributed by atoms with van der Waals surface area (Å²) in [5.41, 5.74) is 0.779. The molecular weight excluding hydrogens is 334 g/mol. The fraction of sp³-hybridized carbons (Fsp3) is 0.375. The molecule has 0 spiro atoms. The van der Waals surface area contributed by atoms with Gasteiger partial charge in [0.15, 0.2) is 0 Å². The van der Waals surface area contributed by atoms with Gasteiger partial charge in [-0.05, 0) is 30.2 Å². The van der Waals surface area contributed by atoms with E-state index in [2.05, 4.69) is 15.5 Å². The first-order valence-corrected chi connectivity index (χ1v) is 7.89. The van der Waals surface area contributed by atoms with E-state index in [9.17, 15) is 9.59 Å². The maximum atomic E-state index is 11.8. The number of benzene rings is 1. The second kappa shape index (κ2) is 8.44. The van der Waals surface area contributed by atoms with Gasteiger partial charge in [0.05, 0.1) is 0 Å². The van der Waals surface area contributed by atoms with Gasteiger partial charge < -0.3 is 14.9 Å². The highest BCUT2D eigenvalue weighted by Gasteiger charge is 2.12. The molecule has 2 N–H and O–H groups in total. The van der Waals surface area contributed by atoms with Crippen LogP contribution in [-0.4, -0.2) is 33.7 Å². The van der Waals surface area contributed by atoms with E-state index in [-0.39, 0.29) is 24.7 Å². The number of carboxylic acids is 1. The molecule has 0 aliphatic rings. The highest BCUT2D eigenvalue weighted by Crippen LogP contribution is 2.18. The van der Waals surface area contributed by atoms with E-state index in [1.807, 2.05) is 0 Å². The lowest BCUT2D eigenvalue weighted by atomic mass is 10.1. The Morgan fingerprint density at radius 1 is 1.33 bits per heavy atom. The van der Waals surface area contributed by atoms with Gasteiger partial charge in [0.25, 0.3) is 0 Å². The van der Waals surface area contributed by atoms with Crippen molar-refractivity contribution in [3.05, 3.63) is 35.2 Å². The Labute approximate surface area is 144 Å². The third-order valence-corrected chi connectivity index (χ3v) is 3.56. The minimum atomic E-state index is -0.877. The molecule has 1 unspecified atom stereocenters. The summed E-state index contributed by atoms with van der Waals surface area (Å²) in [4.78, 5) is 26.6. The van der Waals surface area contributed by atoms with Gasteiger partial charge in [-0.15, -0.1) is 0 Å². The second-order valence-corrected chi connectivity index (χ2v) is 5.96. The Balaban J connectivity index is 1.79. The molecule has 2 rings (SSSR count). The molecule has 128 valence electrons. The highest BCUT2D eigenvalue weighted by molar-refractivity contribution is 6.30. The lowest BCUT2D eigenvalue weighted by Crippen LogP contribution is -2.29. The van der Waals surface area contributed by atoms with Gasteiger partial charge >= 0.3 is 5.97 Å². The van der Waals surface area contributed by atoms with Gasteiger partial charge in [-0.25, -0.2) is 0 Å². The predicted octanol–water partition coefficient (Wildman–Crippen LogP) is 2.55. The van der Waals surface area contributed by atoms with E-state index < -0.39 is 5.97 Å². The standard InChI is InChI=1S/C16H18ClN3O4/c1-10(8-15(22)23)9-18-13(21)6-7-14-19-16(20-24-14)11-2-4-12(17)5-3-11/h2-5,10H,6-9H2,1H3,(H,18,21)(H,22,23). The molecule has 2 aromatic rings. The third-order valence-electron chi connectivity index (χ3n) is 3.31. The molecule has 1 aromatic carbocycles. The Morgan fingerprint density at radius 3 is 2.71 bits per heavy atom. The van der Waals surface area contributed by atoms with Crippen LogP contribution in [0.4, 0.5) is 0 Å². The van der Waals surface area contributed by atoms with Crippen molar-refractivity contribution in [1.29, 1.82) is 0 Å². The van der Waals surface area contributed by atoms with Crippen LogP contribution in [0.5, 0.6) is 0 Å². The number of aryl methyl sites for hydroxylation is 1. The number of carboxylic acid groups (broad SMARTS) is 1. The Kier molecular flexibility index (Phi) is 6.31. The number of carbonyl (C=O) groups excluding carboxylic acids is 1. The molecule has 1 atom stereocenters. The number of hydrogen-bond donors (Lipinski definition) is 2. The summed E-state index contributed by atoms with van der Waals surface area (Å²) >= 11 is 5.83. The van der Waals surface area contributed by atoms with Gasteiger partial charge in [-0.2, -0.15) is 4.98 Å². The summed E-state index contributed by atoms with van der Waals surface area (Å²) in [6.45, 7) is 2.09. The zero-order chi connectivity index (χ0) is 17.5. The van der Waals surface area contributed by atoms with Crippen molar-refractivity contribution in [2.75, 3.05) is 6.54 Å². The summed E-state index contributed by atoms with van der Waals surface area (Å²) in [7, 11) is 0. The van der Waals surface area contributed by atoms with Crippen molar-refractivity contribution in [1.82, 2.24) is 15.5 Å². The maximum Gasteiger partial charge on any atom is 0.303 e. The largest absolute Gasteiger partial charge is 0.481 e. The molecule has 1 heterocycles. The second-order valence-electron chi connectivity index (χ2n) is 5.53. The van der Waals surface area contributed by atoms with Crippen molar-refractivity contribution in [2.45, 2.75) is 26.2 Å². The lowest BCUT2D eigenvalue weighted by Gasteiger charge is -2.09. The van der Waals surface area contributed by atoms with E-state index in [1.54, 1.807) is 31.2 Å². The zero-order valence-corrected chi connectivity index (χ0v) is 13.9. The number of hydrogen-bond acceptors (Lipinski definition) is 5. The monoisotopic (exact) mass is 351 g/mol. The fourth-order valence-electron chi connectivity index (χ4n) is 2.04. The van der Waals surface area contributed by atoms with Crippen LogP contribution < -0.4 is 5.32 Å². The first-order chi connectivity index (χ1) is 11.4. The molecule has 0 bridgehead atoms. The van der Waals surface area contributed by atoms with Gasteiger partial charge in [0.1, 0.15) is 0 Å².